The molecule has 1 atom stereocenters. The van der Waals surface area contributed by atoms with E-state index in [0.717, 1.165) is 17.6 Å². The molecule has 0 aromatic heterocycles. The van der Waals surface area contributed by atoms with Gasteiger partial charge in [-0.3, -0.25) is 0 Å². The van der Waals surface area contributed by atoms with Crippen molar-refractivity contribution >= 4 is 19.2 Å². The lowest BCUT2D eigenvalue weighted by molar-refractivity contribution is 0.0499. The molecule has 2 aromatic rings. The summed E-state index contributed by atoms with van der Waals surface area (Å²) in [5.74, 6) is 2.08. The van der Waals surface area contributed by atoms with E-state index < -0.39 is 0 Å². The summed E-state index contributed by atoms with van der Waals surface area (Å²) in [5.41, 5.74) is 1.30. The Bertz CT molecular complexity index is 691. The summed E-state index contributed by atoms with van der Waals surface area (Å²) in [6, 6.07) is 12.3. The van der Waals surface area contributed by atoms with Crippen LogP contribution in [0.15, 0.2) is 36.4 Å². The van der Waals surface area contributed by atoms with Crippen LogP contribution in [0.1, 0.15) is 5.56 Å². The van der Waals surface area contributed by atoms with E-state index in [4.69, 9.17) is 18.9 Å². The van der Waals surface area contributed by atoms with E-state index in [1.807, 2.05) is 12.1 Å². The molecule has 0 fully saturated rings. The Labute approximate surface area is 151 Å². The van der Waals surface area contributed by atoms with Gasteiger partial charge < -0.3 is 23.8 Å². The molecule has 0 spiro atoms. The summed E-state index contributed by atoms with van der Waals surface area (Å²) < 4.78 is 21.8. The molecule has 0 heterocycles. The molecule has 1 unspecified atom stereocenters. The van der Waals surface area contributed by atoms with Crippen molar-refractivity contribution in [2.75, 3.05) is 42.2 Å². The topological polar surface area (TPSA) is 40.2 Å². The highest BCUT2D eigenvalue weighted by molar-refractivity contribution is 7.55. The summed E-state index contributed by atoms with van der Waals surface area (Å²) >= 11 is 0. The molecule has 0 aliphatic heterocycles. The van der Waals surface area contributed by atoms with Gasteiger partial charge in [-0.25, -0.2) is 0 Å². The van der Waals surface area contributed by atoms with Crippen LogP contribution in [0.3, 0.4) is 0 Å². The smallest absolute Gasteiger partial charge is 0.188 e. The Balaban J connectivity index is 2.43. The highest BCUT2D eigenvalue weighted by Crippen LogP contribution is 2.34. The zero-order chi connectivity index (χ0) is 18.2. The lowest BCUT2D eigenvalue weighted by Gasteiger charge is -2.18. The van der Waals surface area contributed by atoms with Crippen molar-refractivity contribution in [2.45, 2.75) is 6.54 Å². The molecule has 2 aromatic carbocycles. The van der Waals surface area contributed by atoms with Gasteiger partial charge in [0.15, 0.2) is 18.3 Å². The van der Waals surface area contributed by atoms with Crippen LogP contribution in [-0.2, 0) is 11.3 Å². The van der Waals surface area contributed by atoms with Crippen LogP contribution in [0.2, 0.25) is 0 Å². The van der Waals surface area contributed by atoms with Gasteiger partial charge in [-0.2, -0.15) is 0 Å². The number of methoxy groups -OCH3 is 3. The van der Waals surface area contributed by atoms with Gasteiger partial charge in [0, 0.05) is 25.0 Å². The van der Waals surface area contributed by atoms with Crippen molar-refractivity contribution in [2.24, 2.45) is 0 Å². The first-order valence-corrected chi connectivity index (χ1v) is 8.96. The molecule has 0 N–H and O–H groups in total. The third-order valence-electron chi connectivity index (χ3n) is 3.58. The Kier molecular flexibility index (Phi) is 7.51. The first-order chi connectivity index (χ1) is 12.1. The van der Waals surface area contributed by atoms with Crippen LogP contribution in [0, 0.1) is 0 Å². The molecule has 0 aliphatic carbocycles. The van der Waals surface area contributed by atoms with Gasteiger partial charge >= 0.3 is 0 Å². The molecule has 2 rings (SSSR count). The molecule has 0 radical (unpaired) electrons. The summed E-state index contributed by atoms with van der Waals surface area (Å²) in [6.45, 7) is 1.05. The Hall–Kier alpha value is -1.81. The molecule has 25 heavy (non-hydrogen) atoms. The van der Waals surface area contributed by atoms with Crippen LogP contribution < -0.4 is 24.8 Å². The fourth-order valence-electron chi connectivity index (χ4n) is 2.47. The fraction of sp³-hybridized carbons (Fsp3) is 0.368. The number of benzene rings is 2. The Morgan fingerprint density at radius 2 is 1.72 bits per heavy atom. The minimum atomic E-state index is 0.166. The van der Waals surface area contributed by atoms with E-state index >= 15 is 0 Å². The molecule has 0 bridgehead atoms. The first-order valence-electron chi connectivity index (χ1n) is 7.96. The minimum Gasteiger partial charge on any atom is -0.497 e. The highest BCUT2D eigenvalue weighted by atomic mass is 31.1. The van der Waals surface area contributed by atoms with Gasteiger partial charge in [0.1, 0.15) is 5.75 Å². The molecule has 0 saturated heterocycles. The van der Waals surface area contributed by atoms with Gasteiger partial charge in [0.25, 0.3) is 0 Å². The maximum Gasteiger partial charge on any atom is 0.188 e. The molecule has 0 amide bonds. The third kappa shape index (κ3) is 5.33. The number of nitrogens with zero attached hydrogens (tertiary/aromatic N) is 1. The second-order valence-corrected chi connectivity index (χ2v) is 7.10. The van der Waals surface area contributed by atoms with Gasteiger partial charge in [0.05, 0.1) is 14.2 Å². The van der Waals surface area contributed by atoms with E-state index in [9.17, 15) is 0 Å². The average Bonchev–Trinajstić information content (AvgIpc) is 2.61. The van der Waals surface area contributed by atoms with E-state index in [2.05, 4.69) is 43.3 Å². The second kappa shape index (κ2) is 9.62. The zero-order valence-electron chi connectivity index (χ0n) is 15.5. The van der Waals surface area contributed by atoms with Gasteiger partial charge in [-0.1, -0.05) is 32.8 Å². The minimum absolute atomic E-state index is 0.166. The van der Waals surface area contributed by atoms with Gasteiger partial charge in [-0.05, 0) is 31.0 Å². The standard InChI is InChI=1S/C19H26NO4P/c1-20(2)12-14-8-6-7-9-17(14)25-18-11-15(22-4)10-16(23-5)19(18)24-13-21-3/h6-11,25H,12-13H2,1-5H3. The fourth-order valence-corrected chi connectivity index (χ4v) is 3.79. The number of hydrogen-bond acceptors (Lipinski definition) is 5. The number of hydrogen-bond donors (Lipinski definition) is 0. The van der Waals surface area contributed by atoms with Crippen LogP contribution in [0.5, 0.6) is 17.2 Å². The third-order valence-corrected chi connectivity index (χ3v) is 4.98. The van der Waals surface area contributed by atoms with E-state index in [0.29, 0.717) is 20.1 Å². The van der Waals surface area contributed by atoms with Crippen LogP contribution in [0.25, 0.3) is 0 Å². The molecular formula is C19H26NO4P. The average molecular weight is 363 g/mol. The summed E-state index contributed by atoms with van der Waals surface area (Å²) in [7, 11) is 9.44. The van der Waals surface area contributed by atoms with E-state index in [1.165, 1.54) is 10.9 Å². The summed E-state index contributed by atoms with van der Waals surface area (Å²) in [6.07, 6.45) is 0. The Morgan fingerprint density at radius 1 is 0.960 bits per heavy atom. The van der Waals surface area contributed by atoms with Crippen molar-refractivity contribution in [3.63, 3.8) is 0 Å². The molecule has 136 valence electrons. The predicted molar refractivity (Wildman–Crippen MR) is 103 cm³/mol. The SMILES string of the molecule is COCOc1c(OC)cc(OC)cc1Pc1ccccc1CN(C)C. The maximum atomic E-state index is 5.79. The molecule has 6 heteroatoms. The predicted octanol–water partition coefficient (Wildman–Crippen LogP) is 2.38. The second-order valence-electron chi connectivity index (χ2n) is 5.78. The molecule has 0 aliphatic rings. The lowest BCUT2D eigenvalue weighted by Crippen LogP contribution is -2.18. The normalized spacial score (nSPS) is 11.3. The van der Waals surface area contributed by atoms with Crippen molar-refractivity contribution < 1.29 is 18.9 Å². The summed E-state index contributed by atoms with van der Waals surface area (Å²) in [5, 5.41) is 2.30. The van der Waals surface area contributed by atoms with Crippen LogP contribution in [0.4, 0.5) is 0 Å². The molecule has 0 saturated carbocycles. The van der Waals surface area contributed by atoms with Gasteiger partial charge in [0.2, 0.25) is 0 Å². The number of rotatable bonds is 9. The van der Waals surface area contributed by atoms with Crippen molar-refractivity contribution in [1.82, 2.24) is 4.90 Å². The first kappa shape index (κ1) is 19.5. The van der Waals surface area contributed by atoms with Crippen LogP contribution in [-0.4, -0.2) is 47.1 Å². The van der Waals surface area contributed by atoms with Gasteiger partial charge in [-0.15, -0.1) is 0 Å². The van der Waals surface area contributed by atoms with Crippen molar-refractivity contribution in [3.05, 3.63) is 42.0 Å². The molecular weight excluding hydrogens is 337 g/mol. The van der Waals surface area contributed by atoms with E-state index in [-0.39, 0.29) is 6.79 Å². The Morgan fingerprint density at radius 3 is 2.36 bits per heavy atom. The van der Waals surface area contributed by atoms with Crippen LogP contribution >= 0.6 is 8.58 Å². The monoisotopic (exact) mass is 363 g/mol. The van der Waals surface area contributed by atoms with E-state index in [1.54, 1.807) is 21.3 Å². The van der Waals surface area contributed by atoms with Crippen molar-refractivity contribution in [3.8, 4) is 17.2 Å². The zero-order valence-corrected chi connectivity index (χ0v) is 16.5. The quantitative estimate of drug-likeness (QED) is 0.505. The maximum absolute atomic E-state index is 5.79. The number of ether oxygens (including phenoxy) is 4. The largest absolute Gasteiger partial charge is 0.497 e. The highest BCUT2D eigenvalue weighted by Gasteiger charge is 2.16. The molecule has 5 nitrogen and oxygen atoms in total. The lowest BCUT2D eigenvalue weighted by atomic mass is 10.2. The summed E-state index contributed by atoms with van der Waals surface area (Å²) in [4.78, 5) is 2.16. The van der Waals surface area contributed by atoms with Crippen molar-refractivity contribution in [1.29, 1.82) is 0 Å².